The Kier molecular flexibility index (Phi) is 5.56. The summed E-state index contributed by atoms with van der Waals surface area (Å²) < 4.78 is 0. The van der Waals surface area contributed by atoms with Gasteiger partial charge in [-0.2, -0.15) is 4.99 Å². The third-order valence-electron chi connectivity index (χ3n) is 3.76. The van der Waals surface area contributed by atoms with E-state index in [0.717, 1.165) is 22.6 Å². The molecule has 0 aliphatic heterocycles. The highest BCUT2D eigenvalue weighted by molar-refractivity contribution is 6.10. The Bertz CT molecular complexity index is 945. The number of aryl methyl sites for hydroxylation is 3. The first kappa shape index (κ1) is 18.3. The van der Waals surface area contributed by atoms with Crippen molar-refractivity contribution in [1.82, 2.24) is 15.3 Å². The second kappa shape index (κ2) is 8.23. The Morgan fingerprint density at radius 2 is 1.52 bits per heavy atom. The Morgan fingerprint density at radius 1 is 0.889 bits per heavy atom. The molecule has 3 rings (SSSR count). The number of nitrogens with zero attached hydrogens (tertiary/aromatic N) is 3. The first-order chi connectivity index (χ1) is 13.0. The largest absolute Gasteiger partial charge is 0.326 e. The molecule has 3 aromatic rings. The molecule has 1 aromatic heterocycles. The molecule has 0 saturated carbocycles. The Morgan fingerprint density at radius 3 is 2.15 bits per heavy atom. The van der Waals surface area contributed by atoms with Crippen molar-refractivity contribution in [3.05, 3.63) is 83.2 Å². The van der Waals surface area contributed by atoms with E-state index in [0.29, 0.717) is 5.56 Å². The SMILES string of the molecule is Cc1ccc(C(=O)N/C(=N\c2nc(C)cc(C)n2)Nc2ccccc2)cc1. The lowest BCUT2D eigenvalue weighted by atomic mass is 10.1. The van der Waals surface area contributed by atoms with Crippen LogP contribution in [0, 0.1) is 20.8 Å². The molecule has 27 heavy (non-hydrogen) atoms. The predicted molar refractivity (Wildman–Crippen MR) is 107 cm³/mol. The molecule has 1 amide bonds. The van der Waals surface area contributed by atoms with Crippen LogP contribution in [-0.2, 0) is 0 Å². The van der Waals surface area contributed by atoms with Crippen LogP contribution in [0.2, 0.25) is 0 Å². The van der Waals surface area contributed by atoms with Crippen LogP contribution in [0.15, 0.2) is 65.7 Å². The van der Waals surface area contributed by atoms with Crippen LogP contribution in [-0.4, -0.2) is 21.8 Å². The van der Waals surface area contributed by atoms with E-state index in [1.807, 2.05) is 69.3 Å². The number of guanidine groups is 1. The van der Waals surface area contributed by atoms with E-state index in [1.165, 1.54) is 0 Å². The van der Waals surface area contributed by atoms with Gasteiger partial charge < -0.3 is 5.32 Å². The standard InChI is InChI=1S/C21H21N5O/c1-14-9-11-17(12-10-14)19(27)25-21(24-18-7-5-4-6-8-18)26-20-22-15(2)13-16(3)23-20/h4-13H,1-3H3,(H2,22,23,24,25,26,27). The first-order valence-electron chi connectivity index (χ1n) is 8.61. The summed E-state index contributed by atoms with van der Waals surface area (Å²) in [6.07, 6.45) is 0. The molecule has 2 N–H and O–H groups in total. The fourth-order valence-corrected chi connectivity index (χ4v) is 2.49. The molecule has 0 radical (unpaired) electrons. The van der Waals surface area contributed by atoms with Crippen LogP contribution in [0.25, 0.3) is 0 Å². The number of anilines is 1. The topological polar surface area (TPSA) is 79.3 Å². The van der Waals surface area contributed by atoms with Crippen molar-refractivity contribution in [3.63, 3.8) is 0 Å². The van der Waals surface area contributed by atoms with Gasteiger partial charge in [-0.3, -0.25) is 10.1 Å². The van der Waals surface area contributed by atoms with E-state index >= 15 is 0 Å². The summed E-state index contributed by atoms with van der Waals surface area (Å²) in [5.74, 6) is 0.286. The predicted octanol–water partition coefficient (Wildman–Crippen LogP) is 3.93. The molecular formula is C21H21N5O. The number of carbonyl (C=O) groups is 1. The Hall–Kier alpha value is -3.54. The maximum atomic E-state index is 12.6. The van der Waals surface area contributed by atoms with Crippen LogP contribution in [0.4, 0.5) is 11.6 Å². The van der Waals surface area contributed by atoms with Crippen molar-refractivity contribution in [2.45, 2.75) is 20.8 Å². The van der Waals surface area contributed by atoms with Gasteiger partial charge in [0.1, 0.15) is 0 Å². The van der Waals surface area contributed by atoms with E-state index in [4.69, 9.17) is 0 Å². The Balaban J connectivity index is 1.90. The highest BCUT2D eigenvalue weighted by Gasteiger charge is 2.10. The van der Waals surface area contributed by atoms with Crippen molar-refractivity contribution in [3.8, 4) is 0 Å². The number of benzene rings is 2. The maximum absolute atomic E-state index is 12.6. The van der Waals surface area contributed by atoms with Gasteiger partial charge in [-0.1, -0.05) is 35.9 Å². The summed E-state index contributed by atoms with van der Waals surface area (Å²) in [4.78, 5) is 25.7. The van der Waals surface area contributed by atoms with E-state index in [-0.39, 0.29) is 17.8 Å². The zero-order valence-corrected chi connectivity index (χ0v) is 15.5. The van der Waals surface area contributed by atoms with Crippen molar-refractivity contribution in [2.24, 2.45) is 4.99 Å². The average Bonchev–Trinajstić information content (AvgIpc) is 2.62. The van der Waals surface area contributed by atoms with Gasteiger partial charge in [-0.25, -0.2) is 9.97 Å². The number of nitrogens with one attached hydrogen (secondary N) is 2. The molecular weight excluding hydrogens is 338 g/mol. The number of aromatic nitrogens is 2. The number of hydrogen-bond acceptors (Lipinski definition) is 4. The van der Waals surface area contributed by atoms with Gasteiger partial charge in [0.25, 0.3) is 11.9 Å². The molecule has 0 atom stereocenters. The summed E-state index contributed by atoms with van der Waals surface area (Å²) in [5, 5.41) is 5.93. The van der Waals surface area contributed by atoms with Crippen molar-refractivity contribution >= 4 is 23.5 Å². The van der Waals surface area contributed by atoms with Crippen LogP contribution in [0.5, 0.6) is 0 Å². The van der Waals surface area contributed by atoms with Crippen molar-refractivity contribution in [2.75, 3.05) is 5.32 Å². The molecule has 6 nitrogen and oxygen atoms in total. The molecule has 0 unspecified atom stereocenters. The van der Waals surface area contributed by atoms with E-state index in [9.17, 15) is 4.79 Å². The molecule has 0 aliphatic carbocycles. The van der Waals surface area contributed by atoms with Crippen molar-refractivity contribution in [1.29, 1.82) is 0 Å². The number of carbonyl (C=O) groups excluding carboxylic acids is 1. The fraction of sp³-hybridized carbons (Fsp3) is 0.143. The quantitative estimate of drug-likeness (QED) is 0.548. The number of para-hydroxylation sites is 1. The molecule has 0 aliphatic rings. The molecule has 1 heterocycles. The third kappa shape index (κ3) is 5.22. The van der Waals surface area contributed by atoms with Gasteiger partial charge in [-0.05, 0) is 51.1 Å². The van der Waals surface area contributed by atoms with Gasteiger partial charge in [0.05, 0.1) is 0 Å². The summed E-state index contributed by atoms with van der Waals surface area (Å²) in [6.45, 7) is 5.73. The highest BCUT2D eigenvalue weighted by Crippen LogP contribution is 2.10. The van der Waals surface area contributed by atoms with Crippen LogP contribution < -0.4 is 10.6 Å². The van der Waals surface area contributed by atoms with Gasteiger partial charge in [-0.15, -0.1) is 0 Å². The van der Waals surface area contributed by atoms with Crippen molar-refractivity contribution < 1.29 is 4.79 Å². The van der Waals surface area contributed by atoms with Gasteiger partial charge >= 0.3 is 0 Å². The highest BCUT2D eigenvalue weighted by atomic mass is 16.1. The maximum Gasteiger partial charge on any atom is 0.257 e. The minimum Gasteiger partial charge on any atom is -0.326 e. The fourth-order valence-electron chi connectivity index (χ4n) is 2.49. The van der Waals surface area contributed by atoms with E-state index < -0.39 is 0 Å². The van der Waals surface area contributed by atoms with E-state index in [1.54, 1.807) is 12.1 Å². The zero-order chi connectivity index (χ0) is 19.2. The molecule has 2 aromatic carbocycles. The van der Waals surface area contributed by atoms with Crippen LogP contribution in [0.3, 0.4) is 0 Å². The van der Waals surface area contributed by atoms with Gasteiger partial charge in [0, 0.05) is 22.6 Å². The minimum atomic E-state index is -0.262. The number of amides is 1. The molecule has 0 fully saturated rings. The monoisotopic (exact) mass is 359 g/mol. The number of aliphatic imine (C=N–C) groups is 1. The molecule has 6 heteroatoms. The van der Waals surface area contributed by atoms with Crippen LogP contribution >= 0.6 is 0 Å². The Labute approximate surface area is 158 Å². The number of hydrogen-bond donors (Lipinski definition) is 2. The lowest BCUT2D eigenvalue weighted by molar-refractivity contribution is 0.0977. The lowest BCUT2D eigenvalue weighted by Crippen LogP contribution is -2.35. The molecule has 0 saturated heterocycles. The lowest BCUT2D eigenvalue weighted by Gasteiger charge is -2.11. The second-order valence-electron chi connectivity index (χ2n) is 6.22. The minimum absolute atomic E-state index is 0.261. The van der Waals surface area contributed by atoms with Gasteiger partial charge in [0.2, 0.25) is 5.96 Å². The smallest absolute Gasteiger partial charge is 0.257 e. The average molecular weight is 359 g/mol. The second-order valence-corrected chi connectivity index (χ2v) is 6.22. The van der Waals surface area contributed by atoms with E-state index in [2.05, 4.69) is 25.6 Å². The molecule has 0 bridgehead atoms. The summed E-state index contributed by atoms with van der Waals surface area (Å²) in [6, 6.07) is 18.7. The summed E-state index contributed by atoms with van der Waals surface area (Å²) in [7, 11) is 0. The van der Waals surface area contributed by atoms with Gasteiger partial charge in [0.15, 0.2) is 0 Å². The third-order valence-corrected chi connectivity index (χ3v) is 3.76. The van der Waals surface area contributed by atoms with Crippen LogP contribution in [0.1, 0.15) is 27.3 Å². The zero-order valence-electron chi connectivity index (χ0n) is 15.5. The summed E-state index contributed by atoms with van der Waals surface area (Å²) in [5.41, 5.74) is 4.05. The molecule has 136 valence electrons. The summed E-state index contributed by atoms with van der Waals surface area (Å²) >= 11 is 0. The number of rotatable bonds is 3. The first-order valence-corrected chi connectivity index (χ1v) is 8.61. The molecule has 0 spiro atoms. The normalized spacial score (nSPS) is 11.1.